The summed E-state index contributed by atoms with van der Waals surface area (Å²) in [5.41, 5.74) is 0. The fourth-order valence-corrected chi connectivity index (χ4v) is 8.61. The molecule has 0 fully saturated rings. The summed E-state index contributed by atoms with van der Waals surface area (Å²) in [6, 6.07) is 0. The average molecular weight is 801 g/mol. The summed E-state index contributed by atoms with van der Waals surface area (Å²) in [5.74, 6) is 0.0293. The van der Waals surface area contributed by atoms with Crippen molar-refractivity contribution in [1.82, 2.24) is 0 Å². The lowest BCUT2D eigenvalue weighted by atomic mass is 10.0. The molecule has 2 nitrogen and oxygen atoms in total. The molecule has 2 heteroatoms. The van der Waals surface area contributed by atoms with Crippen LogP contribution in [0.5, 0.6) is 0 Å². The highest BCUT2D eigenvalue weighted by Gasteiger charge is 2.03. The summed E-state index contributed by atoms with van der Waals surface area (Å²) < 4.78 is 5.50. The first-order valence-electron chi connectivity index (χ1n) is 27.1. The zero-order valence-electron chi connectivity index (χ0n) is 39.8. The number of carbonyl (C=O) groups excluding carboxylic acids is 1. The van der Waals surface area contributed by atoms with Gasteiger partial charge in [-0.3, -0.25) is 4.79 Å². The molecule has 340 valence electrons. The Morgan fingerprint density at radius 1 is 0.281 bits per heavy atom. The summed E-state index contributed by atoms with van der Waals surface area (Å²) in [6.45, 7) is 5.23. The monoisotopic (exact) mass is 801 g/mol. The Hall–Kier alpha value is -0.790. The molecule has 57 heavy (non-hydrogen) atoms. The van der Waals surface area contributed by atoms with Gasteiger partial charge in [-0.2, -0.15) is 0 Å². The number of unbranched alkanes of at least 4 members (excludes halogenated alkanes) is 45. The second-order valence-electron chi connectivity index (χ2n) is 18.6. The largest absolute Gasteiger partial charge is 0.466 e. The molecule has 0 saturated carbocycles. The molecule has 0 bridgehead atoms. The predicted octanol–water partition coefficient (Wildman–Crippen LogP) is 20.2. The highest BCUT2D eigenvalue weighted by atomic mass is 16.5. The van der Waals surface area contributed by atoms with E-state index in [0.717, 1.165) is 12.8 Å². The number of hydrogen-bond acceptors (Lipinski definition) is 2. The van der Waals surface area contributed by atoms with Crippen molar-refractivity contribution in [2.45, 2.75) is 328 Å². The van der Waals surface area contributed by atoms with Crippen LogP contribution in [0.15, 0.2) is 12.2 Å². The van der Waals surface area contributed by atoms with E-state index in [1.54, 1.807) is 0 Å². The van der Waals surface area contributed by atoms with Crippen molar-refractivity contribution in [3.05, 3.63) is 12.2 Å². The average Bonchev–Trinajstić information content (AvgIpc) is 3.22. The van der Waals surface area contributed by atoms with Crippen LogP contribution in [0, 0.1) is 0 Å². The van der Waals surface area contributed by atoms with Crippen molar-refractivity contribution in [3.8, 4) is 0 Å². The lowest BCUT2D eigenvalue weighted by Gasteiger charge is -2.06. The molecule has 0 rings (SSSR count). The van der Waals surface area contributed by atoms with Gasteiger partial charge in [0.15, 0.2) is 0 Å². The molecule has 0 radical (unpaired) electrons. The van der Waals surface area contributed by atoms with Crippen LogP contribution in [0.25, 0.3) is 0 Å². The molecule has 0 spiro atoms. The number of hydrogen-bond donors (Lipinski definition) is 0. The van der Waals surface area contributed by atoms with Crippen molar-refractivity contribution in [2.75, 3.05) is 6.61 Å². The van der Waals surface area contributed by atoms with Crippen molar-refractivity contribution in [1.29, 1.82) is 0 Å². The summed E-state index contributed by atoms with van der Waals surface area (Å²) >= 11 is 0. The van der Waals surface area contributed by atoms with Gasteiger partial charge in [0.05, 0.1) is 6.61 Å². The standard InChI is InChI=1S/C55H108O2/c1-3-5-7-9-11-13-15-17-19-21-23-24-25-26-27-28-29-30-31-32-33-34-36-38-40-42-44-46-48-50-52-54-57-55(56)53-51-49-47-45-43-41-39-37-35-22-20-18-16-14-12-10-8-6-4-2/h18,20H,3-17,19,21-54H2,1-2H3. The van der Waals surface area contributed by atoms with Crippen molar-refractivity contribution in [2.24, 2.45) is 0 Å². The van der Waals surface area contributed by atoms with Crippen LogP contribution in [0.3, 0.4) is 0 Å². The molecular formula is C55H108O2. The SMILES string of the molecule is CCCCCCCCC=CCCCCCCCCCCCC(=O)OCCCCCCCCCCCCCCCCCCCCCCCCCCCCCCCCC. The molecule has 0 aromatic rings. The highest BCUT2D eigenvalue weighted by Crippen LogP contribution is 2.18. The number of esters is 1. The Bertz CT molecular complexity index is 743. The third-order valence-electron chi connectivity index (χ3n) is 12.7. The van der Waals surface area contributed by atoms with Gasteiger partial charge in [-0.15, -0.1) is 0 Å². The Balaban J connectivity index is 3.15. The lowest BCUT2D eigenvalue weighted by molar-refractivity contribution is -0.143. The highest BCUT2D eigenvalue weighted by molar-refractivity contribution is 5.69. The third-order valence-corrected chi connectivity index (χ3v) is 12.7. The van der Waals surface area contributed by atoms with E-state index < -0.39 is 0 Å². The van der Waals surface area contributed by atoms with Gasteiger partial charge in [-0.1, -0.05) is 296 Å². The maximum Gasteiger partial charge on any atom is 0.305 e. The van der Waals surface area contributed by atoms with Gasteiger partial charge in [-0.25, -0.2) is 0 Å². The predicted molar refractivity (Wildman–Crippen MR) is 258 cm³/mol. The molecule has 0 atom stereocenters. The van der Waals surface area contributed by atoms with Crippen LogP contribution >= 0.6 is 0 Å². The van der Waals surface area contributed by atoms with E-state index in [2.05, 4.69) is 26.0 Å². The van der Waals surface area contributed by atoms with Gasteiger partial charge in [0.2, 0.25) is 0 Å². The summed E-state index contributed by atoms with van der Waals surface area (Å²) in [6.07, 6.45) is 72.3. The van der Waals surface area contributed by atoms with Crippen LogP contribution in [0.4, 0.5) is 0 Å². The third kappa shape index (κ3) is 53.2. The molecule has 0 aliphatic carbocycles. The van der Waals surface area contributed by atoms with E-state index in [1.165, 1.54) is 295 Å². The van der Waals surface area contributed by atoms with Crippen LogP contribution < -0.4 is 0 Å². The minimum atomic E-state index is 0.0293. The van der Waals surface area contributed by atoms with Gasteiger partial charge >= 0.3 is 5.97 Å². The molecule has 0 N–H and O–H groups in total. The quantitative estimate of drug-likeness (QED) is 0.0348. The van der Waals surface area contributed by atoms with Crippen LogP contribution in [0.1, 0.15) is 328 Å². The van der Waals surface area contributed by atoms with E-state index in [4.69, 9.17) is 4.74 Å². The van der Waals surface area contributed by atoms with Crippen molar-refractivity contribution >= 4 is 5.97 Å². The molecule has 0 unspecified atom stereocenters. The fraction of sp³-hybridized carbons (Fsp3) is 0.945. The first-order valence-corrected chi connectivity index (χ1v) is 27.1. The molecule has 0 aliphatic rings. The summed E-state index contributed by atoms with van der Waals surface area (Å²) in [4.78, 5) is 12.1. The maximum absolute atomic E-state index is 12.1. The minimum absolute atomic E-state index is 0.0293. The topological polar surface area (TPSA) is 26.3 Å². The first-order chi connectivity index (χ1) is 28.3. The van der Waals surface area contributed by atoms with Gasteiger partial charge in [0, 0.05) is 6.42 Å². The fourth-order valence-electron chi connectivity index (χ4n) is 8.61. The smallest absolute Gasteiger partial charge is 0.305 e. The molecule has 0 aromatic heterocycles. The number of carbonyl (C=O) groups is 1. The Morgan fingerprint density at radius 3 is 0.754 bits per heavy atom. The van der Waals surface area contributed by atoms with E-state index in [1.807, 2.05) is 0 Å². The van der Waals surface area contributed by atoms with E-state index >= 15 is 0 Å². The molecule has 0 aromatic carbocycles. The zero-order valence-corrected chi connectivity index (χ0v) is 39.8. The van der Waals surface area contributed by atoms with E-state index in [0.29, 0.717) is 13.0 Å². The van der Waals surface area contributed by atoms with Crippen molar-refractivity contribution < 1.29 is 9.53 Å². The Kier molecular flexibility index (Phi) is 52.5. The summed E-state index contributed by atoms with van der Waals surface area (Å²) in [5, 5.41) is 0. The second kappa shape index (κ2) is 53.2. The van der Waals surface area contributed by atoms with Gasteiger partial charge in [-0.05, 0) is 38.5 Å². The van der Waals surface area contributed by atoms with Gasteiger partial charge < -0.3 is 4.74 Å². The van der Waals surface area contributed by atoms with Gasteiger partial charge in [0.25, 0.3) is 0 Å². The second-order valence-corrected chi connectivity index (χ2v) is 18.6. The minimum Gasteiger partial charge on any atom is -0.466 e. The molecule has 0 aliphatic heterocycles. The van der Waals surface area contributed by atoms with Crippen LogP contribution in [-0.4, -0.2) is 12.6 Å². The number of rotatable bonds is 51. The Morgan fingerprint density at radius 2 is 0.491 bits per heavy atom. The van der Waals surface area contributed by atoms with Crippen LogP contribution in [0.2, 0.25) is 0 Å². The van der Waals surface area contributed by atoms with Crippen LogP contribution in [-0.2, 0) is 9.53 Å². The molecular weight excluding hydrogens is 693 g/mol. The first kappa shape index (κ1) is 56.2. The lowest BCUT2D eigenvalue weighted by Crippen LogP contribution is -2.05. The zero-order chi connectivity index (χ0) is 41.1. The number of allylic oxidation sites excluding steroid dienone is 2. The summed E-state index contributed by atoms with van der Waals surface area (Å²) in [7, 11) is 0. The van der Waals surface area contributed by atoms with Gasteiger partial charge in [0.1, 0.15) is 0 Å². The number of ether oxygens (including phenoxy) is 1. The normalized spacial score (nSPS) is 11.7. The van der Waals surface area contributed by atoms with E-state index in [-0.39, 0.29) is 5.97 Å². The molecule has 0 heterocycles. The van der Waals surface area contributed by atoms with E-state index in [9.17, 15) is 4.79 Å². The Labute approximate surface area is 361 Å². The molecule has 0 amide bonds. The molecule has 0 saturated heterocycles. The maximum atomic E-state index is 12.1. The van der Waals surface area contributed by atoms with Crippen molar-refractivity contribution in [3.63, 3.8) is 0 Å².